The van der Waals surface area contributed by atoms with Gasteiger partial charge < -0.3 is 10.2 Å². The standard InChI is InChI=1S/C17H22N4/c1-2-4-16-15(3-1)17(12-19-20-16)21-9-7-13(8-10-21)11-18-14-5-6-14/h1-4,12-14,18H,5-11H2. The van der Waals surface area contributed by atoms with Crippen molar-refractivity contribution in [3.63, 3.8) is 0 Å². The van der Waals surface area contributed by atoms with Crippen molar-refractivity contribution in [2.24, 2.45) is 5.92 Å². The summed E-state index contributed by atoms with van der Waals surface area (Å²) in [6, 6.07) is 9.13. The van der Waals surface area contributed by atoms with Gasteiger partial charge in [0, 0.05) is 24.5 Å². The minimum atomic E-state index is 0.830. The van der Waals surface area contributed by atoms with Gasteiger partial charge in [-0.05, 0) is 44.2 Å². The van der Waals surface area contributed by atoms with Crippen LogP contribution in [0.1, 0.15) is 25.7 Å². The predicted octanol–water partition coefficient (Wildman–Crippen LogP) is 2.60. The van der Waals surface area contributed by atoms with E-state index in [0.717, 1.165) is 30.6 Å². The molecule has 4 rings (SSSR count). The van der Waals surface area contributed by atoms with E-state index in [-0.39, 0.29) is 0 Å². The first-order chi connectivity index (χ1) is 10.4. The van der Waals surface area contributed by atoms with Gasteiger partial charge in [0.1, 0.15) is 0 Å². The van der Waals surface area contributed by atoms with E-state index < -0.39 is 0 Å². The Morgan fingerprint density at radius 3 is 2.71 bits per heavy atom. The van der Waals surface area contributed by atoms with E-state index in [0.29, 0.717) is 0 Å². The molecule has 1 saturated heterocycles. The maximum atomic E-state index is 4.22. The second kappa shape index (κ2) is 5.60. The molecule has 110 valence electrons. The normalized spacial score (nSPS) is 20.1. The molecule has 1 aliphatic heterocycles. The van der Waals surface area contributed by atoms with Crippen molar-refractivity contribution in [1.82, 2.24) is 15.5 Å². The van der Waals surface area contributed by atoms with E-state index >= 15 is 0 Å². The fourth-order valence-electron chi connectivity index (χ4n) is 3.24. The Balaban J connectivity index is 1.44. The third kappa shape index (κ3) is 2.86. The van der Waals surface area contributed by atoms with Crippen LogP contribution >= 0.6 is 0 Å². The van der Waals surface area contributed by atoms with Crippen LogP contribution in [-0.2, 0) is 0 Å². The van der Waals surface area contributed by atoms with Crippen molar-refractivity contribution >= 4 is 16.6 Å². The lowest BCUT2D eigenvalue weighted by Crippen LogP contribution is -2.37. The molecule has 0 spiro atoms. The van der Waals surface area contributed by atoms with Crippen LogP contribution in [0.3, 0.4) is 0 Å². The molecule has 4 heteroatoms. The number of nitrogens with one attached hydrogen (secondary N) is 1. The Bertz CT molecular complexity index is 610. The molecule has 0 amide bonds. The van der Waals surface area contributed by atoms with Crippen LogP contribution in [0.15, 0.2) is 30.5 Å². The number of hydrogen-bond donors (Lipinski definition) is 1. The Kier molecular flexibility index (Phi) is 3.47. The highest BCUT2D eigenvalue weighted by Crippen LogP contribution is 2.28. The molecule has 2 aliphatic rings. The highest BCUT2D eigenvalue weighted by Gasteiger charge is 2.24. The number of aromatic nitrogens is 2. The van der Waals surface area contributed by atoms with Gasteiger partial charge in [-0.3, -0.25) is 0 Å². The Morgan fingerprint density at radius 1 is 1.10 bits per heavy atom. The van der Waals surface area contributed by atoms with Crippen LogP contribution in [0.4, 0.5) is 5.69 Å². The van der Waals surface area contributed by atoms with Crippen molar-refractivity contribution in [3.05, 3.63) is 30.5 Å². The van der Waals surface area contributed by atoms with E-state index in [4.69, 9.17) is 0 Å². The number of rotatable bonds is 4. The number of piperidine rings is 1. The van der Waals surface area contributed by atoms with Gasteiger partial charge in [0.05, 0.1) is 17.4 Å². The molecule has 1 saturated carbocycles. The molecular formula is C17H22N4. The monoisotopic (exact) mass is 282 g/mol. The summed E-state index contributed by atoms with van der Waals surface area (Å²) in [6.07, 6.45) is 7.24. The van der Waals surface area contributed by atoms with E-state index in [1.165, 1.54) is 43.3 Å². The molecule has 21 heavy (non-hydrogen) atoms. The second-order valence-electron chi connectivity index (χ2n) is 6.36. The molecule has 1 aromatic heterocycles. The summed E-state index contributed by atoms with van der Waals surface area (Å²) in [5, 5.41) is 13.3. The number of anilines is 1. The van der Waals surface area contributed by atoms with E-state index in [1.807, 2.05) is 18.3 Å². The largest absolute Gasteiger partial charge is 0.370 e. The molecule has 2 fully saturated rings. The van der Waals surface area contributed by atoms with Crippen LogP contribution in [-0.4, -0.2) is 35.9 Å². The number of fused-ring (bicyclic) bond motifs is 1. The molecule has 1 aliphatic carbocycles. The zero-order valence-corrected chi connectivity index (χ0v) is 12.3. The fourth-order valence-corrected chi connectivity index (χ4v) is 3.24. The van der Waals surface area contributed by atoms with Gasteiger partial charge in [-0.2, -0.15) is 10.2 Å². The maximum Gasteiger partial charge on any atom is 0.0950 e. The van der Waals surface area contributed by atoms with Crippen LogP contribution in [0.25, 0.3) is 10.9 Å². The average molecular weight is 282 g/mol. The molecular weight excluding hydrogens is 260 g/mol. The van der Waals surface area contributed by atoms with Crippen LogP contribution in [0.2, 0.25) is 0 Å². The molecule has 2 heterocycles. The summed E-state index contributed by atoms with van der Waals surface area (Å²) >= 11 is 0. The maximum absolute atomic E-state index is 4.22. The fraction of sp³-hybridized carbons (Fsp3) is 0.529. The van der Waals surface area contributed by atoms with Crippen molar-refractivity contribution in [3.8, 4) is 0 Å². The number of hydrogen-bond acceptors (Lipinski definition) is 4. The molecule has 1 aromatic carbocycles. The molecule has 0 radical (unpaired) electrons. The molecule has 4 nitrogen and oxygen atoms in total. The van der Waals surface area contributed by atoms with E-state index in [9.17, 15) is 0 Å². The lowest BCUT2D eigenvalue weighted by Gasteiger charge is -2.34. The first kappa shape index (κ1) is 13.0. The lowest BCUT2D eigenvalue weighted by atomic mass is 9.96. The van der Waals surface area contributed by atoms with Gasteiger partial charge in [-0.15, -0.1) is 0 Å². The molecule has 2 aromatic rings. The molecule has 0 atom stereocenters. The van der Waals surface area contributed by atoms with E-state index in [1.54, 1.807) is 0 Å². The quantitative estimate of drug-likeness (QED) is 0.936. The van der Waals surface area contributed by atoms with Gasteiger partial charge in [0.15, 0.2) is 0 Å². The second-order valence-corrected chi connectivity index (χ2v) is 6.36. The Hall–Kier alpha value is -1.68. The zero-order chi connectivity index (χ0) is 14.1. The van der Waals surface area contributed by atoms with Gasteiger partial charge in [0.25, 0.3) is 0 Å². The predicted molar refractivity (Wildman–Crippen MR) is 85.5 cm³/mol. The van der Waals surface area contributed by atoms with Crippen molar-refractivity contribution in [1.29, 1.82) is 0 Å². The topological polar surface area (TPSA) is 41.0 Å². The summed E-state index contributed by atoms with van der Waals surface area (Å²) in [5.41, 5.74) is 2.24. The minimum Gasteiger partial charge on any atom is -0.370 e. The minimum absolute atomic E-state index is 0.830. The first-order valence-corrected chi connectivity index (χ1v) is 8.09. The lowest BCUT2D eigenvalue weighted by molar-refractivity contribution is 0.382. The third-order valence-corrected chi connectivity index (χ3v) is 4.75. The number of nitrogens with zero attached hydrogens (tertiary/aromatic N) is 3. The van der Waals surface area contributed by atoms with Gasteiger partial charge >= 0.3 is 0 Å². The summed E-state index contributed by atoms with van der Waals surface area (Å²) in [4.78, 5) is 2.48. The summed E-state index contributed by atoms with van der Waals surface area (Å²) < 4.78 is 0. The van der Waals surface area contributed by atoms with Crippen molar-refractivity contribution in [2.75, 3.05) is 24.5 Å². The summed E-state index contributed by atoms with van der Waals surface area (Å²) in [7, 11) is 0. The SMILES string of the molecule is c1ccc2c(N3CCC(CNC4CC4)CC3)cnnc2c1. The van der Waals surface area contributed by atoms with Crippen molar-refractivity contribution < 1.29 is 0 Å². The average Bonchev–Trinajstić information content (AvgIpc) is 3.37. The highest BCUT2D eigenvalue weighted by atomic mass is 15.2. The van der Waals surface area contributed by atoms with Gasteiger partial charge in [0.2, 0.25) is 0 Å². The smallest absolute Gasteiger partial charge is 0.0950 e. The molecule has 0 bridgehead atoms. The van der Waals surface area contributed by atoms with Crippen LogP contribution in [0.5, 0.6) is 0 Å². The highest BCUT2D eigenvalue weighted by molar-refractivity contribution is 5.90. The number of benzene rings is 1. The Labute approximate surface area is 125 Å². The van der Waals surface area contributed by atoms with Gasteiger partial charge in [-0.1, -0.05) is 18.2 Å². The van der Waals surface area contributed by atoms with Crippen molar-refractivity contribution in [2.45, 2.75) is 31.7 Å². The molecule has 0 unspecified atom stereocenters. The molecule has 1 N–H and O–H groups in total. The summed E-state index contributed by atoms with van der Waals surface area (Å²) in [6.45, 7) is 3.47. The van der Waals surface area contributed by atoms with Gasteiger partial charge in [-0.25, -0.2) is 0 Å². The Morgan fingerprint density at radius 2 is 1.90 bits per heavy atom. The first-order valence-electron chi connectivity index (χ1n) is 8.09. The van der Waals surface area contributed by atoms with Crippen LogP contribution in [0, 0.1) is 5.92 Å². The summed E-state index contributed by atoms with van der Waals surface area (Å²) in [5.74, 6) is 0.836. The van der Waals surface area contributed by atoms with E-state index in [2.05, 4.69) is 32.5 Å². The third-order valence-electron chi connectivity index (χ3n) is 4.75. The van der Waals surface area contributed by atoms with Crippen LogP contribution < -0.4 is 10.2 Å². The zero-order valence-electron chi connectivity index (χ0n) is 12.3.